The predicted octanol–water partition coefficient (Wildman–Crippen LogP) is 6.12. The summed E-state index contributed by atoms with van der Waals surface area (Å²) in [6.45, 7) is -0.531. The highest BCUT2D eigenvalue weighted by atomic mass is 32.2. The molecule has 1 aliphatic rings. The van der Waals surface area contributed by atoms with Gasteiger partial charge in [-0.25, -0.2) is 4.79 Å². The molecule has 0 bridgehead atoms. The maximum Gasteiger partial charge on any atom is 0.416 e. The molecule has 0 radical (unpaired) electrons. The van der Waals surface area contributed by atoms with Crippen LogP contribution < -0.4 is 5.32 Å². The van der Waals surface area contributed by atoms with Crippen molar-refractivity contribution in [3.8, 4) is 0 Å². The fraction of sp³-hybridized carbons (Fsp3) is 0.231. The Hall–Kier alpha value is -3.86. The third kappa shape index (κ3) is 6.29. The standard InChI is InChI=1S/C26H21F3N2O5S/c27-26(28,29)17-12-13-23(21(14-17)31(34)35)37-22-11-4-3-9-19(22)25(33)36-15-24(32)30-20-10-5-7-16-6-1-2-8-18(16)20/h1-4,6,8-9,11-14,20H,5,7,10,15H2,(H,30,32)/t20-/m1/s1. The van der Waals surface area contributed by atoms with Crippen molar-refractivity contribution < 1.29 is 32.4 Å². The zero-order chi connectivity index (χ0) is 26.6. The van der Waals surface area contributed by atoms with Gasteiger partial charge in [0.15, 0.2) is 6.61 Å². The highest BCUT2D eigenvalue weighted by molar-refractivity contribution is 7.99. The highest BCUT2D eigenvalue weighted by Gasteiger charge is 2.33. The number of nitrogens with zero attached hydrogens (tertiary/aromatic N) is 1. The van der Waals surface area contributed by atoms with Gasteiger partial charge in [0.1, 0.15) is 0 Å². The highest BCUT2D eigenvalue weighted by Crippen LogP contribution is 2.40. The normalized spacial score (nSPS) is 14.9. The van der Waals surface area contributed by atoms with Gasteiger partial charge < -0.3 is 10.1 Å². The number of nitrogens with one attached hydrogen (secondary N) is 1. The minimum absolute atomic E-state index is 0.0255. The molecule has 1 N–H and O–H groups in total. The number of rotatable bonds is 7. The van der Waals surface area contributed by atoms with Crippen molar-refractivity contribution in [3.05, 3.63) is 99.1 Å². The van der Waals surface area contributed by atoms with E-state index in [1.54, 1.807) is 12.1 Å². The van der Waals surface area contributed by atoms with Crippen LogP contribution in [-0.4, -0.2) is 23.4 Å². The van der Waals surface area contributed by atoms with Crippen molar-refractivity contribution in [2.24, 2.45) is 0 Å². The molecule has 0 aliphatic heterocycles. The maximum absolute atomic E-state index is 13.0. The molecule has 1 atom stereocenters. The number of aryl methyl sites for hydroxylation is 1. The zero-order valence-electron chi connectivity index (χ0n) is 19.3. The van der Waals surface area contributed by atoms with Crippen LogP contribution >= 0.6 is 11.8 Å². The quantitative estimate of drug-likeness (QED) is 0.225. The van der Waals surface area contributed by atoms with Gasteiger partial charge in [-0.1, -0.05) is 48.2 Å². The van der Waals surface area contributed by atoms with Gasteiger partial charge in [-0.2, -0.15) is 13.2 Å². The molecule has 11 heteroatoms. The topological polar surface area (TPSA) is 98.5 Å². The lowest BCUT2D eigenvalue weighted by Gasteiger charge is -2.26. The van der Waals surface area contributed by atoms with E-state index < -0.39 is 40.8 Å². The first-order chi connectivity index (χ1) is 17.6. The Morgan fingerprint density at radius 2 is 1.78 bits per heavy atom. The van der Waals surface area contributed by atoms with E-state index in [-0.39, 0.29) is 21.4 Å². The molecule has 1 aliphatic carbocycles. The Kier molecular flexibility index (Phi) is 7.82. The molecule has 3 aromatic rings. The van der Waals surface area contributed by atoms with Gasteiger partial charge in [-0.05, 0) is 54.7 Å². The summed E-state index contributed by atoms with van der Waals surface area (Å²) in [5.74, 6) is -1.31. The molecule has 0 fully saturated rings. The van der Waals surface area contributed by atoms with E-state index in [1.165, 1.54) is 17.7 Å². The van der Waals surface area contributed by atoms with Crippen molar-refractivity contribution in [3.63, 3.8) is 0 Å². The first-order valence-corrected chi connectivity index (χ1v) is 12.1. The summed E-state index contributed by atoms with van der Waals surface area (Å²) >= 11 is 0.761. The van der Waals surface area contributed by atoms with E-state index >= 15 is 0 Å². The van der Waals surface area contributed by atoms with Gasteiger partial charge in [0.25, 0.3) is 11.6 Å². The summed E-state index contributed by atoms with van der Waals surface area (Å²) in [6, 6.07) is 15.8. The largest absolute Gasteiger partial charge is 0.452 e. The van der Waals surface area contributed by atoms with Crippen LogP contribution in [0.4, 0.5) is 18.9 Å². The van der Waals surface area contributed by atoms with Gasteiger partial charge in [-0.15, -0.1) is 0 Å². The number of fused-ring (bicyclic) bond motifs is 1. The number of hydrogen-bond acceptors (Lipinski definition) is 6. The van der Waals surface area contributed by atoms with Gasteiger partial charge in [0.05, 0.1) is 27.0 Å². The molecule has 0 saturated heterocycles. The number of amides is 1. The minimum atomic E-state index is -4.74. The van der Waals surface area contributed by atoms with Crippen molar-refractivity contribution in [2.75, 3.05) is 6.61 Å². The lowest BCUT2D eigenvalue weighted by molar-refractivity contribution is -0.388. The Balaban J connectivity index is 1.45. The summed E-state index contributed by atoms with van der Waals surface area (Å²) in [6.07, 6.45) is -2.12. The molecular weight excluding hydrogens is 509 g/mol. The van der Waals surface area contributed by atoms with Crippen LogP contribution in [0.3, 0.4) is 0 Å². The third-order valence-corrected chi connectivity index (χ3v) is 6.99. The molecule has 7 nitrogen and oxygen atoms in total. The second-order valence-electron chi connectivity index (χ2n) is 8.32. The van der Waals surface area contributed by atoms with Crippen LogP contribution in [0.2, 0.25) is 0 Å². The first kappa shape index (κ1) is 26.2. The molecule has 0 saturated carbocycles. The van der Waals surface area contributed by atoms with Crippen LogP contribution in [0, 0.1) is 10.1 Å². The van der Waals surface area contributed by atoms with Gasteiger partial charge in [0, 0.05) is 11.0 Å². The Morgan fingerprint density at radius 1 is 1.05 bits per heavy atom. The summed E-state index contributed by atoms with van der Waals surface area (Å²) in [5, 5.41) is 14.3. The number of ether oxygens (including phenoxy) is 1. The number of esters is 1. The number of hydrogen-bond donors (Lipinski definition) is 1. The molecule has 0 spiro atoms. The summed E-state index contributed by atoms with van der Waals surface area (Å²) in [4.78, 5) is 35.9. The van der Waals surface area contributed by atoms with Crippen LogP contribution in [0.5, 0.6) is 0 Å². The van der Waals surface area contributed by atoms with E-state index in [2.05, 4.69) is 5.32 Å². The van der Waals surface area contributed by atoms with Crippen molar-refractivity contribution in [2.45, 2.75) is 41.3 Å². The third-order valence-electron chi connectivity index (χ3n) is 5.85. The van der Waals surface area contributed by atoms with E-state index in [1.807, 2.05) is 24.3 Å². The summed E-state index contributed by atoms with van der Waals surface area (Å²) < 4.78 is 44.2. The molecule has 0 heterocycles. The van der Waals surface area contributed by atoms with Crippen LogP contribution in [0.1, 0.15) is 45.9 Å². The average molecular weight is 531 g/mol. The summed E-state index contributed by atoms with van der Waals surface area (Å²) in [7, 11) is 0. The number of benzene rings is 3. The number of carbonyl (C=O) groups excluding carboxylic acids is 2. The first-order valence-electron chi connectivity index (χ1n) is 11.3. The Bertz CT molecular complexity index is 1350. The smallest absolute Gasteiger partial charge is 0.416 e. The SMILES string of the molecule is O=C(COC(=O)c1ccccc1Sc1ccc(C(F)(F)F)cc1[N+](=O)[O-])N[C@@H]1CCCc2ccccc21. The van der Waals surface area contributed by atoms with Gasteiger partial charge in [-0.3, -0.25) is 14.9 Å². The molecule has 37 heavy (non-hydrogen) atoms. The van der Waals surface area contributed by atoms with Crippen molar-refractivity contribution >= 4 is 29.3 Å². The molecule has 192 valence electrons. The van der Waals surface area contributed by atoms with Crippen molar-refractivity contribution in [1.82, 2.24) is 5.32 Å². The monoisotopic (exact) mass is 530 g/mol. The maximum atomic E-state index is 13.0. The zero-order valence-corrected chi connectivity index (χ0v) is 20.1. The Morgan fingerprint density at radius 3 is 2.54 bits per heavy atom. The van der Waals surface area contributed by atoms with Crippen LogP contribution in [0.15, 0.2) is 76.5 Å². The number of halogens is 3. The van der Waals surface area contributed by atoms with E-state index in [0.717, 1.165) is 48.7 Å². The minimum Gasteiger partial charge on any atom is -0.452 e. The van der Waals surface area contributed by atoms with E-state index in [9.17, 15) is 32.9 Å². The predicted molar refractivity (Wildman–Crippen MR) is 129 cm³/mol. The van der Waals surface area contributed by atoms with E-state index in [4.69, 9.17) is 4.74 Å². The second-order valence-corrected chi connectivity index (χ2v) is 9.41. The molecule has 3 aromatic carbocycles. The number of alkyl halides is 3. The van der Waals surface area contributed by atoms with E-state index in [0.29, 0.717) is 6.07 Å². The molecule has 4 rings (SSSR count). The lowest BCUT2D eigenvalue weighted by atomic mass is 9.88. The fourth-order valence-electron chi connectivity index (χ4n) is 4.11. The Labute approximate surface area is 214 Å². The second kappa shape index (κ2) is 11.0. The number of nitro benzene ring substituents is 1. The summed E-state index contributed by atoms with van der Waals surface area (Å²) in [5.41, 5.74) is 0.336. The molecule has 0 aromatic heterocycles. The average Bonchev–Trinajstić information content (AvgIpc) is 2.87. The number of nitro groups is 1. The molecule has 0 unspecified atom stereocenters. The van der Waals surface area contributed by atoms with Crippen LogP contribution in [0.25, 0.3) is 0 Å². The van der Waals surface area contributed by atoms with Crippen LogP contribution in [-0.2, 0) is 22.1 Å². The van der Waals surface area contributed by atoms with Gasteiger partial charge in [0.2, 0.25) is 0 Å². The van der Waals surface area contributed by atoms with Gasteiger partial charge >= 0.3 is 12.1 Å². The molecule has 1 amide bonds. The fourth-order valence-corrected chi connectivity index (χ4v) is 5.13. The van der Waals surface area contributed by atoms with Crippen molar-refractivity contribution in [1.29, 1.82) is 0 Å². The number of carbonyl (C=O) groups is 2. The molecular formula is C26H21F3N2O5S. The lowest BCUT2D eigenvalue weighted by Crippen LogP contribution is -2.34.